The summed E-state index contributed by atoms with van der Waals surface area (Å²) in [6.07, 6.45) is 0. The van der Waals surface area contributed by atoms with E-state index >= 15 is 0 Å². The molecule has 1 N–H and O–H groups in total. The van der Waals surface area contributed by atoms with Gasteiger partial charge in [0.2, 0.25) is 0 Å². The number of piperazine rings is 1. The lowest BCUT2D eigenvalue weighted by molar-refractivity contribution is 0.0697. The predicted molar refractivity (Wildman–Crippen MR) is 78.4 cm³/mol. The molecule has 1 aliphatic rings. The van der Waals surface area contributed by atoms with Crippen molar-refractivity contribution in [2.75, 3.05) is 38.1 Å². The lowest BCUT2D eigenvalue weighted by Crippen LogP contribution is -2.44. The number of hydrogen-bond acceptors (Lipinski definition) is 4. The second-order valence-corrected chi connectivity index (χ2v) is 5.17. The Morgan fingerprint density at radius 3 is 2.60 bits per heavy atom. The van der Waals surface area contributed by atoms with E-state index in [9.17, 15) is 4.79 Å². The summed E-state index contributed by atoms with van der Waals surface area (Å²) in [5.74, 6) is 0.0590. The number of carbonyl (C=O) groups is 1. The van der Waals surface area contributed by atoms with Crippen molar-refractivity contribution in [3.63, 3.8) is 0 Å². The molecule has 20 heavy (non-hydrogen) atoms. The molecule has 5 heteroatoms. The Labute approximate surface area is 117 Å². The fourth-order valence-electron chi connectivity index (χ4n) is 2.46. The number of anilines is 1. The third-order valence-corrected chi connectivity index (χ3v) is 3.75. The molecular formula is C15H17N3O2. The molecule has 1 aromatic carbocycles. The Bertz CT molecular complexity index is 649. The van der Waals surface area contributed by atoms with Crippen LogP contribution in [0, 0.1) is 0 Å². The van der Waals surface area contributed by atoms with Gasteiger partial charge in [0.15, 0.2) is 0 Å². The maximum Gasteiger partial charge on any atom is 0.335 e. The minimum atomic E-state index is -0.907. The summed E-state index contributed by atoms with van der Waals surface area (Å²) in [6, 6.07) is 8.96. The van der Waals surface area contributed by atoms with Crippen LogP contribution in [0.25, 0.3) is 10.9 Å². The van der Waals surface area contributed by atoms with Gasteiger partial charge in [0.05, 0.1) is 11.1 Å². The van der Waals surface area contributed by atoms with Crippen LogP contribution in [0.2, 0.25) is 0 Å². The molecule has 1 fully saturated rings. The Morgan fingerprint density at radius 2 is 1.90 bits per heavy atom. The lowest BCUT2D eigenvalue weighted by atomic mass is 10.1. The van der Waals surface area contributed by atoms with E-state index in [2.05, 4.69) is 21.8 Å². The Hall–Kier alpha value is -2.14. The van der Waals surface area contributed by atoms with Crippen molar-refractivity contribution in [1.82, 2.24) is 9.88 Å². The van der Waals surface area contributed by atoms with E-state index < -0.39 is 5.97 Å². The summed E-state index contributed by atoms with van der Waals surface area (Å²) < 4.78 is 0. The van der Waals surface area contributed by atoms with Gasteiger partial charge in [-0.1, -0.05) is 0 Å². The average molecular weight is 271 g/mol. The molecule has 0 amide bonds. The van der Waals surface area contributed by atoms with Crippen LogP contribution >= 0.6 is 0 Å². The van der Waals surface area contributed by atoms with E-state index in [0.717, 1.165) is 42.9 Å². The zero-order valence-corrected chi connectivity index (χ0v) is 11.4. The average Bonchev–Trinajstić information content (AvgIpc) is 2.47. The van der Waals surface area contributed by atoms with Crippen LogP contribution in [0.1, 0.15) is 10.4 Å². The van der Waals surface area contributed by atoms with Crippen LogP contribution in [-0.4, -0.2) is 54.2 Å². The first-order valence-corrected chi connectivity index (χ1v) is 6.71. The van der Waals surface area contributed by atoms with Gasteiger partial charge in [-0.3, -0.25) is 0 Å². The third kappa shape index (κ3) is 2.44. The van der Waals surface area contributed by atoms with Crippen molar-refractivity contribution >= 4 is 22.7 Å². The monoisotopic (exact) mass is 271 g/mol. The molecule has 2 aromatic rings. The highest BCUT2D eigenvalue weighted by atomic mass is 16.4. The molecule has 1 aliphatic heterocycles. The first kappa shape index (κ1) is 12.9. The molecule has 104 valence electrons. The van der Waals surface area contributed by atoms with Gasteiger partial charge in [-0.05, 0) is 37.4 Å². The zero-order valence-electron chi connectivity index (χ0n) is 11.4. The van der Waals surface area contributed by atoms with Crippen molar-refractivity contribution in [2.45, 2.75) is 0 Å². The molecule has 0 radical (unpaired) electrons. The summed E-state index contributed by atoms with van der Waals surface area (Å²) in [5, 5.41) is 9.86. The molecule has 0 saturated carbocycles. The van der Waals surface area contributed by atoms with Crippen LogP contribution in [0.4, 0.5) is 5.82 Å². The first-order valence-electron chi connectivity index (χ1n) is 6.71. The maximum atomic E-state index is 11.0. The minimum Gasteiger partial charge on any atom is -0.478 e. The molecule has 3 rings (SSSR count). The summed E-state index contributed by atoms with van der Waals surface area (Å²) in [4.78, 5) is 20.2. The van der Waals surface area contributed by atoms with Gasteiger partial charge in [-0.15, -0.1) is 0 Å². The molecule has 5 nitrogen and oxygen atoms in total. The number of hydrogen-bond donors (Lipinski definition) is 1. The van der Waals surface area contributed by atoms with E-state index in [0.29, 0.717) is 5.56 Å². The Kier molecular flexibility index (Phi) is 3.28. The predicted octanol–water partition coefficient (Wildman–Crippen LogP) is 1.68. The Balaban J connectivity index is 1.91. The molecule has 0 bridgehead atoms. The summed E-state index contributed by atoms with van der Waals surface area (Å²) in [7, 11) is 2.12. The van der Waals surface area contributed by atoms with Crippen LogP contribution in [0.15, 0.2) is 30.3 Å². The minimum absolute atomic E-state index is 0.298. The van der Waals surface area contributed by atoms with Crippen LogP contribution in [-0.2, 0) is 0 Å². The smallest absolute Gasteiger partial charge is 0.335 e. The fraction of sp³-hybridized carbons (Fsp3) is 0.333. The third-order valence-electron chi connectivity index (χ3n) is 3.75. The number of aromatic carboxylic acids is 1. The normalized spacial score (nSPS) is 16.6. The van der Waals surface area contributed by atoms with Gasteiger partial charge >= 0.3 is 5.97 Å². The molecule has 0 aliphatic carbocycles. The van der Waals surface area contributed by atoms with Crippen LogP contribution in [0.5, 0.6) is 0 Å². The van der Waals surface area contributed by atoms with Crippen molar-refractivity contribution in [3.8, 4) is 0 Å². The quantitative estimate of drug-likeness (QED) is 0.900. The van der Waals surface area contributed by atoms with E-state index in [1.165, 1.54) is 0 Å². The molecular weight excluding hydrogens is 254 g/mol. The van der Waals surface area contributed by atoms with Crippen molar-refractivity contribution in [3.05, 3.63) is 35.9 Å². The van der Waals surface area contributed by atoms with Crippen molar-refractivity contribution in [1.29, 1.82) is 0 Å². The van der Waals surface area contributed by atoms with E-state index in [4.69, 9.17) is 5.11 Å². The van der Waals surface area contributed by atoms with Gasteiger partial charge in [-0.25, -0.2) is 9.78 Å². The largest absolute Gasteiger partial charge is 0.478 e. The van der Waals surface area contributed by atoms with E-state index in [-0.39, 0.29) is 0 Å². The summed E-state index contributed by atoms with van der Waals surface area (Å²) >= 11 is 0. The van der Waals surface area contributed by atoms with Crippen molar-refractivity contribution in [2.24, 2.45) is 0 Å². The standard InChI is InChI=1S/C15H17N3O2/c1-17-6-8-18(9-7-17)14-5-3-11-10-12(15(19)20)2-4-13(11)16-14/h2-5,10H,6-9H2,1H3,(H,19,20). The highest BCUT2D eigenvalue weighted by molar-refractivity contribution is 5.93. The van der Waals surface area contributed by atoms with Crippen LogP contribution < -0.4 is 4.90 Å². The van der Waals surface area contributed by atoms with Crippen LogP contribution in [0.3, 0.4) is 0 Å². The van der Waals surface area contributed by atoms with Gasteiger partial charge in [0.1, 0.15) is 5.82 Å². The number of carboxylic acid groups (broad SMARTS) is 1. The number of benzene rings is 1. The van der Waals surface area contributed by atoms with Gasteiger partial charge in [-0.2, -0.15) is 0 Å². The molecule has 1 saturated heterocycles. The number of nitrogens with zero attached hydrogens (tertiary/aromatic N) is 3. The SMILES string of the molecule is CN1CCN(c2ccc3cc(C(=O)O)ccc3n2)CC1. The number of rotatable bonds is 2. The van der Waals surface area contributed by atoms with E-state index in [1.807, 2.05) is 12.1 Å². The molecule has 1 aromatic heterocycles. The molecule has 2 heterocycles. The highest BCUT2D eigenvalue weighted by Gasteiger charge is 2.15. The van der Waals surface area contributed by atoms with Crippen molar-refractivity contribution < 1.29 is 9.90 Å². The van der Waals surface area contributed by atoms with Gasteiger partial charge in [0, 0.05) is 31.6 Å². The highest BCUT2D eigenvalue weighted by Crippen LogP contribution is 2.20. The second-order valence-electron chi connectivity index (χ2n) is 5.17. The maximum absolute atomic E-state index is 11.0. The van der Waals surface area contributed by atoms with Gasteiger partial charge in [0.25, 0.3) is 0 Å². The van der Waals surface area contributed by atoms with Gasteiger partial charge < -0.3 is 14.9 Å². The molecule has 0 atom stereocenters. The Morgan fingerprint density at radius 1 is 1.15 bits per heavy atom. The lowest BCUT2D eigenvalue weighted by Gasteiger charge is -2.33. The molecule has 0 unspecified atom stereocenters. The number of pyridine rings is 1. The number of aromatic nitrogens is 1. The number of likely N-dealkylation sites (N-methyl/N-ethyl adjacent to an activating group) is 1. The second kappa shape index (κ2) is 5.09. The zero-order chi connectivity index (χ0) is 14.1. The number of carboxylic acids is 1. The van der Waals surface area contributed by atoms with E-state index in [1.54, 1.807) is 18.2 Å². The number of fused-ring (bicyclic) bond motifs is 1. The summed E-state index contributed by atoms with van der Waals surface area (Å²) in [5.41, 5.74) is 1.14. The first-order chi connectivity index (χ1) is 9.63. The topological polar surface area (TPSA) is 56.7 Å². The summed E-state index contributed by atoms with van der Waals surface area (Å²) in [6.45, 7) is 4.03. The fourth-order valence-corrected chi connectivity index (χ4v) is 2.46. The molecule has 0 spiro atoms.